The van der Waals surface area contributed by atoms with E-state index >= 15 is 0 Å². The van der Waals surface area contributed by atoms with Crippen molar-refractivity contribution in [1.29, 1.82) is 0 Å². The number of hydrogen-bond acceptors (Lipinski definition) is 8. The average Bonchev–Trinajstić information content (AvgIpc) is 2.75. The summed E-state index contributed by atoms with van der Waals surface area (Å²) in [5, 5.41) is 13.5. The summed E-state index contributed by atoms with van der Waals surface area (Å²) >= 11 is 0. The number of methoxy groups -OCH3 is 1. The number of nitro groups is 1. The Morgan fingerprint density at radius 1 is 1.25 bits per heavy atom. The molecule has 0 aliphatic carbocycles. The second-order valence-corrected chi connectivity index (χ2v) is 8.96. The van der Waals surface area contributed by atoms with Gasteiger partial charge in [0.25, 0.3) is 11.2 Å². The van der Waals surface area contributed by atoms with Crippen molar-refractivity contribution in [2.24, 2.45) is 0 Å². The molecule has 3 aromatic rings. The van der Waals surface area contributed by atoms with E-state index in [0.717, 1.165) is 15.2 Å². The molecule has 0 aliphatic rings. The van der Waals surface area contributed by atoms with Crippen molar-refractivity contribution in [3.05, 3.63) is 63.2 Å². The predicted molar refractivity (Wildman–Crippen MR) is 115 cm³/mol. The Labute approximate surface area is 182 Å². The Bertz CT molecular complexity index is 1380. The van der Waals surface area contributed by atoms with Crippen LogP contribution in [0.5, 0.6) is 5.75 Å². The van der Waals surface area contributed by atoms with E-state index in [9.17, 15) is 28.1 Å². The van der Waals surface area contributed by atoms with Gasteiger partial charge in [-0.05, 0) is 24.3 Å². The lowest BCUT2D eigenvalue weighted by atomic mass is 10.2. The van der Waals surface area contributed by atoms with Crippen molar-refractivity contribution in [2.75, 3.05) is 26.5 Å². The van der Waals surface area contributed by atoms with Gasteiger partial charge < -0.3 is 10.1 Å². The van der Waals surface area contributed by atoms with E-state index < -0.39 is 33.0 Å². The van der Waals surface area contributed by atoms with Gasteiger partial charge in [0.2, 0.25) is 15.9 Å². The lowest BCUT2D eigenvalue weighted by molar-refractivity contribution is -0.384. The molecule has 0 spiro atoms. The molecule has 12 nitrogen and oxygen atoms in total. The molecule has 0 bridgehead atoms. The molecule has 0 saturated heterocycles. The fourth-order valence-electron chi connectivity index (χ4n) is 2.88. The molecule has 1 amide bonds. The molecular formula is C19H19N5O7S. The van der Waals surface area contributed by atoms with Gasteiger partial charge in [-0.25, -0.2) is 17.7 Å². The monoisotopic (exact) mass is 461 g/mol. The lowest BCUT2D eigenvalue weighted by Gasteiger charge is -2.16. The van der Waals surface area contributed by atoms with Crippen LogP contribution >= 0.6 is 0 Å². The number of hydrogen-bond donors (Lipinski definition) is 1. The molecule has 0 saturated carbocycles. The van der Waals surface area contributed by atoms with Crippen LogP contribution in [-0.4, -0.2) is 54.3 Å². The third kappa shape index (κ3) is 4.43. The van der Waals surface area contributed by atoms with Gasteiger partial charge in [-0.2, -0.15) is 0 Å². The van der Waals surface area contributed by atoms with E-state index in [4.69, 9.17) is 4.74 Å². The van der Waals surface area contributed by atoms with Crippen molar-refractivity contribution in [3.8, 4) is 5.75 Å². The zero-order valence-electron chi connectivity index (χ0n) is 17.3. The minimum Gasteiger partial charge on any atom is -0.495 e. The topological polar surface area (TPSA) is 154 Å². The molecule has 3 rings (SSSR count). The standard InChI is InChI=1S/C19H19N5O7S/c1-22(2)32(29,30)17-8-12(4-7-16(17)31-3)21-18(25)10-23-11-20-15-9-13(24(27)28)5-6-14(15)19(23)26/h4-9,11H,10H2,1-3H3,(H,21,25). The SMILES string of the molecule is COc1ccc(NC(=O)Cn2cnc3cc([N+](=O)[O-])ccc3c2=O)cc1S(=O)(=O)N(C)C. The Kier molecular flexibility index (Phi) is 6.23. The first-order valence-corrected chi connectivity index (χ1v) is 10.5. The number of anilines is 1. The molecular weight excluding hydrogens is 442 g/mol. The number of ether oxygens (including phenoxy) is 1. The maximum absolute atomic E-state index is 12.6. The fraction of sp³-hybridized carbons (Fsp3) is 0.211. The summed E-state index contributed by atoms with van der Waals surface area (Å²) < 4.78 is 32.2. The van der Waals surface area contributed by atoms with Gasteiger partial charge >= 0.3 is 0 Å². The van der Waals surface area contributed by atoms with E-state index in [1.807, 2.05) is 0 Å². The lowest BCUT2D eigenvalue weighted by Crippen LogP contribution is -2.28. The summed E-state index contributed by atoms with van der Waals surface area (Å²) in [5.74, 6) is -0.491. The number of rotatable bonds is 7. The van der Waals surface area contributed by atoms with Crippen LogP contribution in [0.1, 0.15) is 0 Å². The number of nitrogens with one attached hydrogen (secondary N) is 1. The first-order chi connectivity index (χ1) is 15.0. The Morgan fingerprint density at radius 2 is 1.97 bits per heavy atom. The van der Waals surface area contributed by atoms with E-state index in [-0.39, 0.29) is 32.9 Å². The first kappa shape index (κ1) is 22.8. The highest BCUT2D eigenvalue weighted by Gasteiger charge is 2.23. The molecule has 1 heterocycles. The van der Waals surface area contributed by atoms with Crippen LogP contribution in [0.4, 0.5) is 11.4 Å². The molecule has 1 N–H and O–H groups in total. The number of benzene rings is 2. The summed E-state index contributed by atoms with van der Waals surface area (Å²) in [6.45, 7) is -0.402. The molecule has 13 heteroatoms. The zero-order chi connectivity index (χ0) is 23.6. The Hall–Kier alpha value is -3.84. The van der Waals surface area contributed by atoms with Gasteiger partial charge in [-0.1, -0.05) is 0 Å². The van der Waals surface area contributed by atoms with Crippen LogP contribution < -0.4 is 15.6 Å². The van der Waals surface area contributed by atoms with E-state index in [2.05, 4.69) is 10.3 Å². The summed E-state index contributed by atoms with van der Waals surface area (Å²) in [6.07, 6.45) is 1.12. The molecule has 0 unspecified atom stereocenters. The molecule has 168 valence electrons. The number of nitrogens with zero attached hydrogens (tertiary/aromatic N) is 4. The van der Waals surface area contributed by atoms with Crippen molar-refractivity contribution in [1.82, 2.24) is 13.9 Å². The normalized spacial score (nSPS) is 11.5. The van der Waals surface area contributed by atoms with Crippen LogP contribution in [0.25, 0.3) is 10.9 Å². The smallest absolute Gasteiger partial charge is 0.271 e. The number of non-ortho nitro benzene ring substituents is 1. The van der Waals surface area contributed by atoms with Crippen LogP contribution in [0.2, 0.25) is 0 Å². The largest absolute Gasteiger partial charge is 0.495 e. The molecule has 1 aromatic heterocycles. The van der Waals surface area contributed by atoms with Gasteiger partial charge in [0, 0.05) is 31.9 Å². The van der Waals surface area contributed by atoms with Gasteiger partial charge in [0.1, 0.15) is 17.2 Å². The Morgan fingerprint density at radius 3 is 2.59 bits per heavy atom. The minimum absolute atomic E-state index is 0.112. The van der Waals surface area contributed by atoms with E-state index in [0.29, 0.717) is 0 Å². The zero-order valence-corrected chi connectivity index (χ0v) is 18.1. The van der Waals surface area contributed by atoms with Gasteiger partial charge in [-0.3, -0.25) is 24.3 Å². The fourth-order valence-corrected chi connectivity index (χ4v) is 3.96. The maximum Gasteiger partial charge on any atom is 0.271 e. The molecule has 0 atom stereocenters. The van der Waals surface area contributed by atoms with Crippen molar-refractivity contribution in [2.45, 2.75) is 11.4 Å². The van der Waals surface area contributed by atoms with Gasteiger partial charge in [0.15, 0.2) is 0 Å². The predicted octanol–water partition coefficient (Wildman–Crippen LogP) is 1.20. The highest BCUT2D eigenvalue weighted by molar-refractivity contribution is 7.89. The highest BCUT2D eigenvalue weighted by atomic mass is 32.2. The van der Waals surface area contributed by atoms with Crippen molar-refractivity contribution >= 4 is 38.2 Å². The third-order valence-electron chi connectivity index (χ3n) is 4.54. The summed E-state index contributed by atoms with van der Waals surface area (Å²) in [7, 11) is 0.233. The van der Waals surface area contributed by atoms with Crippen LogP contribution in [0.3, 0.4) is 0 Å². The van der Waals surface area contributed by atoms with E-state index in [1.165, 1.54) is 57.6 Å². The number of amides is 1. The second kappa shape index (κ2) is 8.72. The average molecular weight is 461 g/mol. The quantitative estimate of drug-likeness (QED) is 0.407. The molecule has 0 fully saturated rings. The van der Waals surface area contributed by atoms with Gasteiger partial charge in [0.05, 0.1) is 29.3 Å². The first-order valence-electron chi connectivity index (χ1n) is 9.08. The van der Waals surface area contributed by atoms with Crippen LogP contribution in [0, 0.1) is 10.1 Å². The number of carbonyl (C=O) groups is 1. The van der Waals surface area contributed by atoms with Crippen molar-refractivity contribution < 1.29 is 22.9 Å². The number of nitro benzene ring substituents is 1. The highest BCUT2D eigenvalue weighted by Crippen LogP contribution is 2.28. The number of fused-ring (bicyclic) bond motifs is 1. The molecule has 32 heavy (non-hydrogen) atoms. The van der Waals surface area contributed by atoms with Crippen molar-refractivity contribution in [3.63, 3.8) is 0 Å². The second-order valence-electron chi connectivity index (χ2n) is 6.84. The summed E-state index contributed by atoms with van der Waals surface area (Å²) in [6, 6.07) is 7.76. The van der Waals surface area contributed by atoms with E-state index in [1.54, 1.807) is 0 Å². The van der Waals surface area contributed by atoms with Crippen LogP contribution in [0.15, 0.2) is 52.4 Å². The molecule has 0 aliphatic heterocycles. The third-order valence-corrected chi connectivity index (χ3v) is 6.38. The number of aromatic nitrogens is 2. The molecule has 2 aromatic carbocycles. The number of sulfonamides is 1. The summed E-state index contributed by atoms with van der Waals surface area (Å²) in [5.41, 5.74) is -0.434. The number of carbonyl (C=O) groups excluding carboxylic acids is 1. The maximum atomic E-state index is 12.6. The summed E-state index contributed by atoms with van der Waals surface area (Å²) in [4.78, 5) is 39.3. The minimum atomic E-state index is -3.83. The molecule has 0 radical (unpaired) electrons. The van der Waals surface area contributed by atoms with Gasteiger partial charge in [-0.15, -0.1) is 0 Å². The Balaban J connectivity index is 1.87. The van der Waals surface area contributed by atoms with Crippen LogP contribution in [-0.2, 0) is 21.4 Å².